The van der Waals surface area contributed by atoms with Crippen LogP contribution in [0.1, 0.15) is 30.5 Å². The smallest absolute Gasteiger partial charge is 0.118 e. The first-order valence-corrected chi connectivity index (χ1v) is 6.26. The minimum atomic E-state index is 0.270. The highest BCUT2D eigenvalue weighted by molar-refractivity contribution is 5.89. The van der Waals surface area contributed by atoms with Gasteiger partial charge in [-0.1, -0.05) is 18.2 Å². The summed E-state index contributed by atoms with van der Waals surface area (Å²) in [6.45, 7) is 5.97. The van der Waals surface area contributed by atoms with E-state index in [1.165, 1.54) is 0 Å². The molecule has 2 aromatic carbocycles. The van der Waals surface area contributed by atoms with Crippen molar-refractivity contribution in [1.82, 2.24) is 0 Å². The topological polar surface area (TPSA) is 40.5 Å². The van der Waals surface area contributed by atoms with Crippen molar-refractivity contribution < 1.29 is 10.2 Å². The molecule has 0 unspecified atom stereocenters. The van der Waals surface area contributed by atoms with Crippen molar-refractivity contribution in [2.75, 3.05) is 0 Å². The molecule has 19 heavy (non-hydrogen) atoms. The minimum Gasteiger partial charge on any atom is -0.508 e. The maximum Gasteiger partial charge on any atom is 0.118 e. The fraction of sp³-hybridized carbons (Fsp3) is 0.176. The first kappa shape index (κ1) is 13.2. The SMILES string of the molecule is C/C(=C(/C)c1ccc(O)c(C)c1)c1cccc(O)c1. The number of benzene rings is 2. The Kier molecular flexibility index (Phi) is 3.61. The average molecular weight is 254 g/mol. The predicted octanol–water partition coefficient (Wildman–Crippen LogP) is 4.36. The van der Waals surface area contributed by atoms with Gasteiger partial charge in [-0.15, -0.1) is 0 Å². The molecule has 0 aliphatic rings. The van der Waals surface area contributed by atoms with Gasteiger partial charge >= 0.3 is 0 Å². The number of hydrogen-bond acceptors (Lipinski definition) is 2. The molecule has 0 saturated heterocycles. The van der Waals surface area contributed by atoms with E-state index in [0.717, 1.165) is 27.8 Å². The van der Waals surface area contributed by atoms with Crippen molar-refractivity contribution >= 4 is 11.1 Å². The van der Waals surface area contributed by atoms with Crippen LogP contribution in [0, 0.1) is 6.92 Å². The van der Waals surface area contributed by atoms with Gasteiger partial charge < -0.3 is 10.2 Å². The van der Waals surface area contributed by atoms with E-state index in [0.29, 0.717) is 5.75 Å². The summed E-state index contributed by atoms with van der Waals surface area (Å²) in [6.07, 6.45) is 0. The summed E-state index contributed by atoms with van der Waals surface area (Å²) in [5.41, 5.74) is 5.19. The molecule has 0 bridgehead atoms. The summed E-state index contributed by atoms with van der Waals surface area (Å²) in [5, 5.41) is 19.1. The fourth-order valence-electron chi connectivity index (χ4n) is 2.06. The number of phenolic OH excluding ortho intramolecular Hbond substituents is 2. The van der Waals surface area contributed by atoms with E-state index in [4.69, 9.17) is 0 Å². The largest absolute Gasteiger partial charge is 0.508 e. The molecule has 0 spiro atoms. The van der Waals surface area contributed by atoms with Crippen LogP contribution < -0.4 is 0 Å². The molecular formula is C17H18O2. The summed E-state index contributed by atoms with van der Waals surface area (Å²) >= 11 is 0. The molecule has 0 heterocycles. The maximum absolute atomic E-state index is 9.57. The van der Waals surface area contributed by atoms with E-state index in [1.807, 2.05) is 45.0 Å². The second kappa shape index (κ2) is 5.19. The van der Waals surface area contributed by atoms with Crippen LogP contribution in [0.5, 0.6) is 11.5 Å². The van der Waals surface area contributed by atoms with Crippen LogP contribution in [-0.4, -0.2) is 10.2 Å². The molecule has 0 atom stereocenters. The monoisotopic (exact) mass is 254 g/mol. The number of aromatic hydroxyl groups is 2. The van der Waals surface area contributed by atoms with Gasteiger partial charge in [-0.05, 0) is 72.9 Å². The van der Waals surface area contributed by atoms with Crippen LogP contribution in [0.15, 0.2) is 42.5 Å². The highest BCUT2D eigenvalue weighted by atomic mass is 16.3. The van der Waals surface area contributed by atoms with Crippen molar-refractivity contribution in [2.45, 2.75) is 20.8 Å². The summed E-state index contributed by atoms with van der Waals surface area (Å²) in [5.74, 6) is 0.582. The maximum atomic E-state index is 9.57. The van der Waals surface area contributed by atoms with Gasteiger partial charge in [-0.25, -0.2) is 0 Å². The Balaban J connectivity index is 2.48. The fourth-order valence-corrected chi connectivity index (χ4v) is 2.06. The van der Waals surface area contributed by atoms with Crippen LogP contribution in [0.2, 0.25) is 0 Å². The zero-order valence-electron chi connectivity index (χ0n) is 11.4. The van der Waals surface area contributed by atoms with Gasteiger partial charge in [0.25, 0.3) is 0 Å². The zero-order chi connectivity index (χ0) is 14.0. The average Bonchev–Trinajstić information content (AvgIpc) is 2.40. The van der Waals surface area contributed by atoms with E-state index >= 15 is 0 Å². The first-order chi connectivity index (χ1) is 8.99. The Bertz CT molecular complexity index is 639. The number of phenols is 2. The summed E-state index contributed by atoms with van der Waals surface area (Å²) in [4.78, 5) is 0. The first-order valence-electron chi connectivity index (χ1n) is 6.26. The molecule has 0 radical (unpaired) electrons. The molecule has 2 heteroatoms. The molecule has 0 amide bonds. The number of aryl methyl sites for hydroxylation is 1. The summed E-state index contributed by atoms with van der Waals surface area (Å²) < 4.78 is 0. The molecule has 2 rings (SSSR count). The van der Waals surface area contributed by atoms with E-state index < -0.39 is 0 Å². The normalized spacial score (nSPS) is 12.2. The van der Waals surface area contributed by atoms with Crippen molar-refractivity contribution in [3.8, 4) is 11.5 Å². The van der Waals surface area contributed by atoms with Crippen molar-refractivity contribution in [3.63, 3.8) is 0 Å². The minimum absolute atomic E-state index is 0.270. The summed E-state index contributed by atoms with van der Waals surface area (Å²) in [7, 11) is 0. The van der Waals surface area contributed by atoms with Gasteiger partial charge in [0.05, 0.1) is 0 Å². The molecular weight excluding hydrogens is 236 g/mol. The second-order valence-electron chi connectivity index (χ2n) is 4.80. The van der Waals surface area contributed by atoms with Crippen molar-refractivity contribution in [1.29, 1.82) is 0 Å². The predicted molar refractivity (Wildman–Crippen MR) is 79.1 cm³/mol. The molecule has 98 valence electrons. The van der Waals surface area contributed by atoms with E-state index in [1.54, 1.807) is 18.2 Å². The highest BCUT2D eigenvalue weighted by Crippen LogP contribution is 2.29. The Labute approximate surface area is 113 Å². The van der Waals surface area contributed by atoms with E-state index in [-0.39, 0.29) is 5.75 Å². The lowest BCUT2D eigenvalue weighted by molar-refractivity contribution is 0.471. The van der Waals surface area contributed by atoms with Gasteiger partial charge in [0.1, 0.15) is 11.5 Å². The van der Waals surface area contributed by atoms with E-state index in [2.05, 4.69) is 0 Å². The van der Waals surface area contributed by atoms with Crippen LogP contribution in [0.4, 0.5) is 0 Å². The highest BCUT2D eigenvalue weighted by Gasteiger charge is 2.05. The number of allylic oxidation sites excluding steroid dienone is 2. The standard InChI is InChI=1S/C17H18O2/c1-11-9-15(7-8-17(11)19)13(3)12(2)14-5-4-6-16(18)10-14/h4-10,18-19H,1-3H3/b13-12+. The molecule has 0 saturated carbocycles. The van der Waals surface area contributed by atoms with Crippen LogP contribution in [-0.2, 0) is 0 Å². The lowest BCUT2D eigenvalue weighted by atomic mass is 9.96. The number of rotatable bonds is 2. The van der Waals surface area contributed by atoms with Gasteiger partial charge in [-0.3, -0.25) is 0 Å². The third kappa shape index (κ3) is 2.79. The quantitative estimate of drug-likeness (QED) is 0.782. The van der Waals surface area contributed by atoms with Crippen molar-refractivity contribution in [2.24, 2.45) is 0 Å². The Hall–Kier alpha value is -2.22. The van der Waals surface area contributed by atoms with Crippen LogP contribution in [0.3, 0.4) is 0 Å². The van der Waals surface area contributed by atoms with Gasteiger partial charge in [0, 0.05) is 0 Å². The Morgan fingerprint density at radius 2 is 1.47 bits per heavy atom. The zero-order valence-corrected chi connectivity index (χ0v) is 11.4. The van der Waals surface area contributed by atoms with Gasteiger partial charge in [0.15, 0.2) is 0 Å². The molecule has 0 fully saturated rings. The van der Waals surface area contributed by atoms with Crippen LogP contribution >= 0.6 is 0 Å². The Morgan fingerprint density at radius 3 is 2.05 bits per heavy atom. The van der Waals surface area contributed by atoms with E-state index in [9.17, 15) is 10.2 Å². The molecule has 2 aromatic rings. The van der Waals surface area contributed by atoms with Gasteiger partial charge in [0.2, 0.25) is 0 Å². The third-order valence-corrected chi connectivity index (χ3v) is 3.47. The lowest BCUT2D eigenvalue weighted by Gasteiger charge is -2.10. The second-order valence-corrected chi connectivity index (χ2v) is 4.80. The number of hydrogen-bond donors (Lipinski definition) is 2. The molecule has 0 aliphatic heterocycles. The van der Waals surface area contributed by atoms with Crippen LogP contribution in [0.25, 0.3) is 11.1 Å². The third-order valence-electron chi connectivity index (χ3n) is 3.47. The van der Waals surface area contributed by atoms with Crippen molar-refractivity contribution in [3.05, 3.63) is 59.2 Å². The Morgan fingerprint density at radius 1 is 0.842 bits per heavy atom. The molecule has 0 aliphatic carbocycles. The molecule has 2 N–H and O–H groups in total. The molecule has 0 aromatic heterocycles. The molecule has 2 nitrogen and oxygen atoms in total. The lowest BCUT2D eigenvalue weighted by Crippen LogP contribution is -1.87. The van der Waals surface area contributed by atoms with Gasteiger partial charge in [-0.2, -0.15) is 0 Å². The summed E-state index contributed by atoms with van der Waals surface area (Å²) in [6, 6.07) is 12.8.